The highest BCUT2D eigenvalue weighted by atomic mass is 127. The van der Waals surface area contributed by atoms with Gasteiger partial charge < -0.3 is 20.4 Å². The Morgan fingerprint density at radius 3 is 2.64 bits per heavy atom. The Balaban J connectivity index is 0.00000392. The van der Waals surface area contributed by atoms with Crippen LogP contribution in [0.4, 0.5) is 10.1 Å². The molecule has 0 radical (unpaired) electrons. The van der Waals surface area contributed by atoms with Gasteiger partial charge in [-0.05, 0) is 25.1 Å². The Morgan fingerprint density at radius 2 is 2.04 bits per heavy atom. The zero-order chi connectivity index (χ0) is 19.9. The fourth-order valence-electron chi connectivity index (χ4n) is 2.16. The minimum atomic E-state index is -0.410. The summed E-state index contributed by atoms with van der Waals surface area (Å²) in [5.41, 5.74) is 0.279. The minimum Gasteiger partial charge on any atom is -0.443 e. The van der Waals surface area contributed by atoms with Crippen molar-refractivity contribution in [3.63, 3.8) is 0 Å². The average molecular weight is 503 g/mol. The van der Waals surface area contributed by atoms with Gasteiger partial charge in [0.05, 0.1) is 12.7 Å². The van der Waals surface area contributed by atoms with Gasteiger partial charge in [0.2, 0.25) is 11.8 Å². The van der Waals surface area contributed by atoms with Gasteiger partial charge in [-0.25, -0.2) is 14.4 Å². The van der Waals surface area contributed by atoms with Gasteiger partial charge in [0.25, 0.3) is 0 Å². The van der Waals surface area contributed by atoms with Crippen LogP contribution in [0.1, 0.15) is 39.3 Å². The van der Waals surface area contributed by atoms with Gasteiger partial charge in [0, 0.05) is 17.6 Å². The van der Waals surface area contributed by atoms with Crippen molar-refractivity contribution in [3.8, 4) is 0 Å². The quantitative estimate of drug-likeness (QED) is 0.319. The molecule has 0 spiro atoms. The Labute approximate surface area is 181 Å². The third-order valence-electron chi connectivity index (χ3n) is 3.53. The lowest BCUT2D eigenvalue weighted by Gasteiger charge is -2.13. The number of amides is 1. The number of nitrogens with one attached hydrogen (secondary N) is 3. The highest BCUT2D eigenvalue weighted by Crippen LogP contribution is 2.22. The Morgan fingerprint density at radius 1 is 1.29 bits per heavy atom. The SMILES string of the molecule is CCNC(=NCC(=O)Nc1cccc(F)c1)NCc1ncc(C(C)(C)C)o1.I. The summed E-state index contributed by atoms with van der Waals surface area (Å²) >= 11 is 0. The first kappa shape index (κ1) is 23.9. The van der Waals surface area contributed by atoms with Crippen LogP contribution >= 0.6 is 24.0 Å². The summed E-state index contributed by atoms with van der Waals surface area (Å²) in [6.45, 7) is 8.94. The molecule has 0 fully saturated rings. The predicted molar refractivity (Wildman–Crippen MR) is 118 cm³/mol. The molecule has 0 saturated carbocycles. The van der Waals surface area contributed by atoms with Crippen molar-refractivity contribution in [1.29, 1.82) is 0 Å². The molecule has 2 rings (SSSR count). The van der Waals surface area contributed by atoms with Crippen molar-refractivity contribution < 1.29 is 13.6 Å². The van der Waals surface area contributed by atoms with Crippen LogP contribution < -0.4 is 16.0 Å². The average Bonchev–Trinajstić information content (AvgIpc) is 3.07. The molecule has 0 aliphatic carbocycles. The van der Waals surface area contributed by atoms with E-state index in [0.717, 1.165) is 5.76 Å². The summed E-state index contributed by atoms with van der Waals surface area (Å²) in [5, 5.41) is 8.72. The van der Waals surface area contributed by atoms with Crippen LogP contribution in [0.25, 0.3) is 0 Å². The molecule has 2 aromatic rings. The maximum Gasteiger partial charge on any atom is 0.246 e. The number of benzene rings is 1. The van der Waals surface area contributed by atoms with Crippen LogP contribution in [-0.4, -0.2) is 29.9 Å². The maximum atomic E-state index is 13.2. The Bertz CT molecular complexity index is 802. The number of rotatable bonds is 6. The number of oxazole rings is 1. The van der Waals surface area contributed by atoms with E-state index in [0.29, 0.717) is 30.6 Å². The van der Waals surface area contributed by atoms with Gasteiger partial charge >= 0.3 is 0 Å². The molecule has 1 aromatic carbocycles. The van der Waals surface area contributed by atoms with Gasteiger partial charge in [-0.1, -0.05) is 26.8 Å². The van der Waals surface area contributed by atoms with Crippen molar-refractivity contribution in [2.45, 2.75) is 39.7 Å². The van der Waals surface area contributed by atoms with Gasteiger partial charge in [-0.3, -0.25) is 4.79 Å². The summed E-state index contributed by atoms with van der Waals surface area (Å²) in [4.78, 5) is 20.5. The number of guanidine groups is 1. The number of hydrogen-bond acceptors (Lipinski definition) is 4. The van der Waals surface area contributed by atoms with Crippen molar-refractivity contribution in [2.24, 2.45) is 4.99 Å². The first-order chi connectivity index (χ1) is 12.8. The highest BCUT2D eigenvalue weighted by molar-refractivity contribution is 14.0. The number of carbonyl (C=O) groups is 1. The van der Waals surface area contributed by atoms with E-state index in [1.54, 1.807) is 12.3 Å². The lowest BCUT2D eigenvalue weighted by Crippen LogP contribution is -2.37. The van der Waals surface area contributed by atoms with Crippen LogP contribution in [0.5, 0.6) is 0 Å². The Hall–Kier alpha value is -2.17. The number of hydrogen-bond donors (Lipinski definition) is 3. The lowest BCUT2D eigenvalue weighted by molar-refractivity contribution is -0.114. The van der Waals surface area contributed by atoms with Gasteiger partial charge in [-0.15, -0.1) is 24.0 Å². The normalized spacial score (nSPS) is 11.5. The third-order valence-corrected chi connectivity index (χ3v) is 3.53. The molecule has 1 heterocycles. The second kappa shape index (κ2) is 11.0. The smallest absolute Gasteiger partial charge is 0.246 e. The van der Waals surface area contributed by atoms with E-state index in [9.17, 15) is 9.18 Å². The summed E-state index contributed by atoms with van der Waals surface area (Å²) in [6.07, 6.45) is 1.72. The zero-order valence-corrected chi connectivity index (χ0v) is 18.8. The number of aliphatic imine (C=N–C) groups is 1. The predicted octanol–water partition coefficient (Wildman–Crippen LogP) is 3.42. The van der Waals surface area contributed by atoms with Crippen molar-refractivity contribution in [2.75, 3.05) is 18.4 Å². The van der Waals surface area contributed by atoms with Gasteiger partial charge in [-0.2, -0.15) is 0 Å². The summed E-state index contributed by atoms with van der Waals surface area (Å²) in [7, 11) is 0. The van der Waals surface area contributed by atoms with Crippen LogP contribution in [-0.2, 0) is 16.8 Å². The molecule has 0 atom stereocenters. The molecular weight excluding hydrogens is 476 g/mol. The zero-order valence-electron chi connectivity index (χ0n) is 16.5. The summed E-state index contributed by atoms with van der Waals surface area (Å²) in [5.74, 6) is 1.05. The van der Waals surface area contributed by atoms with Crippen LogP contribution in [0.2, 0.25) is 0 Å². The second-order valence-corrected chi connectivity index (χ2v) is 6.98. The largest absolute Gasteiger partial charge is 0.443 e. The molecule has 1 amide bonds. The van der Waals surface area contributed by atoms with Crippen molar-refractivity contribution in [3.05, 3.63) is 47.9 Å². The van der Waals surface area contributed by atoms with E-state index < -0.39 is 5.82 Å². The second-order valence-electron chi connectivity index (χ2n) is 6.98. The number of halogens is 2. The number of aromatic nitrogens is 1. The summed E-state index contributed by atoms with van der Waals surface area (Å²) < 4.78 is 18.9. The topological polar surface area (TPSA) is 91.5 Å². The molecule has 0 saturated heterocycles. The van der Waals surface area contributed by atoms with E-state index >= 15 is 0 Å². The number of nitrogens with zero attached hydrogens (tertiary/aromatic N) is 2. The maximum absolute atomic E-state index is 13.2. The highest BCUT2D eigenvalue weighted by Gasteiger charge is 2.19. The third kappa shape index (κ3) is 7.83. The molecule has 1 aromatic heterocycles. The number of anilines is 1. The van der Waals surface area contributed by atoms with Crippen LogP contribution in [0.3, 0.4) is 0 Å². The van der Waals surface area contributed by atoms with Gasteiger partial charge in [0.15, 0.2) is 5.96 Å². The molecule has 9 heteroatoms. The number of carbonyl (C=O) groups excluding carboxylic acids is 1. The van der Waals surface area contributed by atoms with E-state index in [4.69, 9.17) is 4.42 Å². The first-order valence-corrected chi connectivity index (χ1v) is 8.80. The lowest BCUT2D eigenvalue weighted by atomic mass is 9.94. The minimum absolute atomic E-state index is 0. The first-order valence-electron chi connectivity index (χ1n) is 8.80. The molecule has 0 unspecified atom stereocenters. The van der Waals surface area contributed by atoms with E-state index in [1.807, 2.05) is 27.7 Å². The molecule has 3 N–H and O–H groups in total. The van der Waals surface area contributed by atoms with E-state index in [2.05, 4.69) is 25.9 Å². The molecular formula is C19H27FIN5O2. The standard InChI is InChI=1S/C19H26FN5O2.HI/c1-5-21-18(24-12-17-22-10-15(27-17)19(2,3)4)23-11-16(26)25-14-8-6-7-13(20)9-14;/h6-10H,5,11-12H2,1-4H3,(H,25,26)(H2,21,23,24);1H. The molecule has 7 nitrogen and oxygen atoms in total. The van der Waals surface area contributed by atoms with Crippen LogP contribution in [0.15, 0.2) is 39.9 Å². The van der Waals surface area contributed by atoms with E-state index in [-0.39, 0.29) is 41.8 Å². The molecule has 0 bridgehead atoms. The molecule has 28 heavy (non-hydrogen) atoms. The fourth-order valence-corrected chi connectivity index (χ4v) is 2.16. The Kier molecular flexibility index (Phi) is 9.36. The molecule has 0 aliphatic rings. The molecule has 154 valence electrons. The van der Waals surface area contributed by atoms with Gasteiger partial charge in [0.1, 0.15) is 18.1 Å². The van der Waals surface area contributed by atoms with Crippen LogP contribution in [0, 0.1) is 5.82 Å². The fraction of sp³-hybridized carbons (Fsp3) is 0.421. The molecule has 0 aliphatic heterocycles. The summed E-state index contributed by atoms with van der Waals surface area (Å²) in [6, 6.07) is 5.71. The van der Waals surface area contributed by atoms with Crippen molar-refractivity contribution in [1.82, 2.24) is 15.6 Å². The van der Waals surface area contributed by atoms with Crippen molar-refractivity contribution >= 4 is 41.5 Å². The monoisotopic (exact) mass is 503 g/mol. The van der Waals surface area contributed by atoms with E-state index in [1.165, 1.54) is 18.2 Å².